The highest BCUT2D eigenvalue weighted by atomic mass is 32.1. The van der Waals surface area contributed by atoms with E-state index < -0.39 is 0 Å². The van der Waals surface area contributed by atoms with Crippen molar-refractivity contribution in [1.29, 1.82) is 0 Å². The summed E-state index contributed by atoms with van der Waals surface area (Å²) in [5, 5.41) is 12.9. The number of nitrogens with zero attached hydrogens (tertiary/aromatic N) is 3. The number of rotatable bonds is 4. The average molecular weight is 730 g/mol. The summed E-state index contributed by atoms with van der Waals surface area (Å²) in [6, 6.07) is 67.5. The normalized spacial score (nSPS) is 11.9. The smallest absolute Gasteiger partial charge is 0.160 e. The summed E-state index contributed by atoms with van der Waals surface area (Å²) in [4.78, 5) is 10.2. The zero-order chi connectivity index (χ0) is 36.7. The van der Waals surface area contributed by atoms with Crippen LogP contribution in [0.2, 0.25) is 0 Å². The van der Waals surface area contributed by atoms with Gasteiger partial charge < -0.3 is 4.57 Å². The highest BCUT2D eigenvalue weighted by Crippen LogP contribution is 2.51. The van der Waals surface area contributed by atoms with Crippen LogP contribution in [0.1, 0.15) is 0 Å². The Morgan fingerprint density at radius 2 is 0.821 bits per heavy atom. The second-order valence-corrected chi connectivity index (χ2v) is 15.5. The van der Waals surface area contributed by atoms with Crippen molar-refractivity contribution in [3.63, 3.8) is 0 Å². The summed E-state index contributed by atoms with van der Waals surface area (Å²) in [7, 11) is 0. The van der Waals surface area contributed by atoms with Gasteiger partial charge in [0.2, 0.25) is 0 Å². The molecule has 0 N–H and O–H groups in total. The molecule has 12 rings (SSSR count). The molecule has 0 amide bonds. The first-order valence-corrected chi connectivity index (χ1v) is 19.8. The Morgan fingerprint density at radius 3 is 1.48 bits per heavy atom. The Balaban J connectivity index is 1.19. The zero-order valence-electron chi connectivity index (χ0n) is 30.1. The van der Waals surface area contributed by atoms with Crippen molar-refractivity contribution in [2.45, 2.75) is 0 Å². The molecule has 4 heteroatoms. The SMILES string of the molecule is c1ccc(-c2cc(-c3ccc(-n4c5c6ccccc6c6ccccc6c5c5c6sc7ccccc7c6c6ccccc6c54)cc3)nc(-c3ccccc3)n2)cc1. The lowest BCUT2D eigenvalue weighted by Crippen LogP contribution is -1.97. The molecule has 0 fully saturated rings. The zero-order valence-corrected chi connectivity index (χ0v) is 31.0. The molecule has 0 aliphatic heterocycles. The third kappa shape index (κ3) is 4.57. The summed E-state index contributed by atoms with van der Waals surface area (Å²) in [6.07, 6.45) is 0. The Labute approximate surface area is 326 Å². The van der Waals surface area contributed by atoms with E-state index in [1.165, 1.54) is 74.3 Å². The predicted molar refractivity (Wildman–Crippen MR) is 238 cm³/mol. The monoisotopic (exact) mass is 729 g/mol. The van der Waals surface area contributed by atoms with Gasteiger partial charge in [0.05, 0.1) is 22.4 Å². The summed E-state index contributed by atoms with van der Waals surface area (Å²) in [6.45, 7) is 0. The van der Waals surface area contributed by atoms with Gasteiger partial charge in [0.25, 0.3) is 0 Å². The van der Waals surface area contributed by atoms with Gasteiger partial charge in [0, 0.05) is 64.1 Å². The Hall–Kier alpha value is -7.14. The van der Waals surface area contributed by atoms with Gasteiger partial charge in [-0.25, -0.2) is 9.97 Å². The second kappa shape index (κ2) is 12.2. The van der Waals surface area contributed by atoms with Gasteiger partial charge in [-0.15, -0.1) is 11.3 Å². The Bertz CT molecular complexity index is 3450. The predicted octanol–water partition coefficient (Wildman–Crippen LogP) is 14.4. The molecular formula is C52H31N3S. The van der Waals surface area contributed by atoms with Crippen molar-refractivity contribution in [2.24, 2.45) is 0 Å². The molecule has 9 aromatic carbocycles. The number of fused-ring (bicyclic) bond motifs is 15. The molecule has 12 aromatic rings. The van der Waals surface area contributed by atoms with Crippen LogP contribution in [0.5, 0.6) is 0 Å². The number of aromatic nitrogens is 3. The highest BCUT2D eigenvalue weighted by molar-refractivity contribution is 7.27. The Kier molecular flexibility index (Phi) is 6.80. The summed E-state index contributed by atoms with van der Waals surface area (Å²) < 4.78 is 5.19. The molecule has 0 bridgehead atoms. The fraction of sp³-hybridized carbons (Fsp3) is 0. The van der Waals surface area contributed by atoms with E-state index in [1.54, 1.807) is 0 Å². The van der Waals surface area contributed by atoms with Gasteiger partial charge in [-0.1, -0.05) is 164 Å². The van der Waals surface area contributed by atoms with E-state index in [-0.39, 0.29) is 0 Å². The van der Waals surface area contributed by atoms with Gasteiger partial charge in [0.15, 0.2) is 5.82 Å². The minimum atomic E-state index is 0.714. The number of thiophene rings is 1. The van der Waals surface area contributed by atoms with Crippen LogP contribution in [-0.4, -0.2) is 14.5 Å². The van der Waals surface area contributed by atoms with Crippen LogP contribution in [0.25, 0.3) is 114 Å². The van der Waals surface area contributed by atoms with E-state index in [0.717, 1.165) is 33.8 Å². The second-order valence-electron chi connectivity index (χ2n) is 14.5. The van der Waals surface area contributed by atoms with E-state index >= 15 is 0 Å². The first kappa shape index (κ1) is 31.2. The molecule has 0 aliphatic carbocycles. The van der Waals surface area contributed by atoms with Crippen molar-refractivity contribution in [2.75, 3.05) is 0 Å². The number of benzene rings is 9. The molecule has 3 heterocycles. The van der Waals surface area contributed by atoms with Gasteiger partial charge >= 0.3 is 0 Å². The van der Waals surface area contributed by atoms with Crippen LogP contribution >= 0.6 is 11.3 Å². The van der Waals surface area contributed by atoms with Crippen molar-refractivity contribution in [3.8, 4) is 39.6 Å². The van der Waals surface area contributed by atoms with E-state index in [9.17, 15) is 0 Å². The van der Waals surface area contributed by atoms with Crippen LogP contribution < -0.4 is 0 Å². The highest BCUT2D eigenvalue weighted by Gasteiger charge is 2.25. The molecule has 0 radical (unpaired) electrons. The maximum atomic E-state index is 5.15. The van der Waals surface area contributed by atoms with Crippen molar-refractivity contribution >= 4 is 85.6 Å². The molecule has 0 spiro atoms. The molecule has 0 saturated carbocycles. The van der Waals surface area contributed by atoms with E-state index in [0.29, 0.717) is 5.82 Å². The number of hydrogen-bond donors (Lipinski definition) is 0. The molecule has 260 valence electrons. The largest absolute Gasteiger partial charge is 0.308 e. The fourth-order valence-electron chi connectivity index (χ4n) is 8.93. The van der Waals surface area contributed by atoms with Crippen LogP contribution in [0, 0.1) is 0 Å². The number of hydrogen-bond acceptors (Lipinski definition) is 3. The molecule has 0 unspecified atom stereocenters. The minimum absolute atomic E-state index is 0.714. The lowest BCUT2D eigenvalue weighted by atomic mass is 9.95. The standard InChI is InChI=1S/C52H31N3S/c1-3-15-32(16-4-1)43-31-44(54-52(53-43)34-17-5-2-6-18-34)33-27-29-35(30-28-33)55-49-40-23-11-8-20-37(40)36-19-7-9-21-38(36)47(49)48-50(55)41-24-12-10-22-39(41)46-42-25-13-14-26-45(42)56-51(46)48/h1-31H. The van der Waals surface area contributed by atoms with Crippen LogP contribution in [0.3, 0.4) is 0 Å². The van der Waals surface area contributed by atoms with Crippen molar-refractivity contribution < 1.29 is 0 Å². The van der Waals surface area contributed by atoms with Crippen molar-refractivity contribution in [1.82, 2.24) is 14.5 Å². The maximum absolute atomic E-state index is 5.15. The summed E-state index contributed by atoms with van der Waals surface area (Å²) in [5.41, 5.74) is 8.47. The van der Waals surface area contributed by atoms with Crippen LogP contribution in [0.4, 0.5) is 0 Å². The lowest BCUT2D eigenvalue weighted by molar-refractivity contribution is 1.17. The first-order valence-electron chi connectivity index (χ1n) is 19.0. The Morgan fingerprint density at radius 1 is 0.357 bits per heavy atom. The van der Waals surface area contributed by atoms with Gasteiger partial charge in [0.1, 0.15) is 0 Å². The molecular weight excluding hydrogens is 699 g/mol. The topological polar surface area (TPSA) is 30.7 Å². The van der Waals surface area contributed by atoms with E-state index in [4.69, 9.17) is 9.97 Å². The van der Waals surface area contributed by atoms with E-state index in [2.05, 4.69) is 168 Å². The van der Waals surface area contributed by atoms with Gasteiger partial charge in [-0.2, -0.15) is 0 Å². The van der Waals surface area contributed by atoms with Gasteiger partial charge in [-0.3, -0.25) is 0 Å². The molecule has 3 aromatic heterocycles. The third-order valence-electron chi connectivity index (χ3n) is 11.4. The maximum Gasteiger partial charge on any atom is 0.160 e. The fourth-order valence-corrected chi connectivity index (χ4v) is 10.2. The van der Waals surface area contributed by atoms with Crippen molar-refractivity contribution in [3.05, 3.63) is 188 Å². The molecule has 0 saturated heterocycles. The minimum Gasteiger partial charge on any atom is -0.308 e. The lowest BCUT2D eigenvalue weighted by Gasteiger charge is -2.14. The third-order valence-corrected chi connectivity index (χ3v) is 12.6. The van der Waals surface area contributed by atoms with Gasteiger partial charge in [-0.05, 0) is 45.8 Å². The molecule has 3 nitrogen and oxygen atoms in total. The van der Waals surface area contributed by atoms with E-state index in [1.807, 2.05) is 35.6 Å². The quantitative estimate of drug-likeness (QED) is 0.169. The average Bonchev–Trinajstić information content (AvgIpc) is 3.85. The summed E-state index contributed by atoms with van der Waals surface area (Å²) in [5.74, 6) is 0.714. The first-order chi connectivity index (χ1) is 27.8. The molecule has 0 aliphatic rings. The molecule has 56 heavy (non-hydrogen) atoms. The van der Waals surface area contributed by atoms with Crippen LogP contribution in [0.15, 0.2) is 188 Å². The van der Waals surface area contributed by atoms with Crippen LogP contribution in [-0.2, 0) is 0 Å². The summed E-state index contributed by atoms with van der Waals surface area (Å²) >= 11 is 1.91. The molecule has 0 atom stereocenters.